The van der Waals surface area contributed by atoms with Crippen LogP contribution >= 0.6 is 0 Å². The first-order valence-electron chi connectivity index (χ1n) is 10.0. The van der Waals surface area contributed by atoms with E-state index in [0.717, 1.165) is 4.68 Å². The number of halogens is 1. The van der Waals surface area contributed by atoms with Gasteiger partial charge in [0.25, 0.3) is 11.5 Å². The Morgan fingerprint density at radius 1 is 1.12 bits per heavy atom. The van der Waals surface area contributed by atoms with Crippen LogP contribution in [0.4, 0.5) is 10.2 Å². The van der Waals surface area contributed by atoms with Crippen molar-refractivity contribution >= 4 is 28.6 Å². The van der Waals surface area contributed by atoms with Gasteiger partial charge in [-0.1, -0.05) is 17.3 Å². The molecule has 2 heterocycles. The van der Waals surface area contributed by atoms with Gasteiger partial charge in [0.15, 0.2) is 6.61 Å². The zero-order valence-electron chi connectivity index (χ0n) is 17.6. The van der Waals surface area contributed by atoms with Gasteiger partial charge in [0, 0.05) is 6.07 Å². The highest BCUT2D eigenvalue weighted by molar-refractivity contribution is 5.92. The number of carbonyl (C=O) groups is 2. The number of benzene rings is 2. The number of nitrogens with zero attached hydrogens (tertiary/aromatic N) is 5. The molecular formula is C22H19FN6O4. The fourth-order valence-electron chi connectivity index (χ4n) is 3.13. The summed E-state index contributed by atoms with van der Waals surface area (Å²) < 4.78 is 20.7. The molecule has 1 N–H and O–H groups in total. The third kappa shape index (κ3) is 5.09. The first-order valence-corrected chi connectivity index (χ1v) is 10.0. The maximum absolute atomic E-state index is 13.2. The van der Waals surface area contributed by atoms with E-state index in [0.29, 0.717) is 28.1 Å². The summed E-state index contributed by atoms with van der Waals surface area (Å²) >= 11 is 0. The number of hydrogen-bond donors (Lipinski definition) is 1. The Morgan fingerprint density at radius 3 is 2.67 bits per heavy atom. The Hall–Kier alpha value is -4.41. The minimum atomic E-state index is -0.671. The monoisotopic (exact) mass is 450 g/mol. The highest BCUT2D eigenvalue weighted by Crippen LogP contribution is 2.17. The van der Waals surface area contributed by atoms with Crippen molar-refractivity contribution < 1.29 is 18.7 Å². The predicted molar refractivity (Wildman–Crippen MR) is 116 cm³/mol. The number of anilines is 1. The molecule has 2 aromatic heterocycles. The van der Waals surface area contributed by atoms with Crippen LogP contribution in [0.5, 0.6) is 0 Å². The van der Waals surface area contributed by atoms with Crippen LogP contribution < -0.4 is 10.9 Å². The van der Waals surface area contributed by atoms with E-state index >= 15 is 0 Å². The van der Waals surface area contributed by atoms with Crippen LogP contribution in [-0.2, 0) is 20.9 Å². The van der Waals surface area contributed by atoms with Crippen LogP contribution in [0, 0.1) is 12.7 Å². The fourth-order valence-corrected chi connectivity index (χ4v) is 3.13. The lowest BCUT2D eigenvalue weighted by molar-refractivity contribution is -0.147. The summed E-state index contributed by atoms with van der Waals surface area (Å²) in [5, 5.41) is 15.0. The van der Waals surface area contributed by atoms with Gasteiger partial charge in [0.2, 0.25) is 0 Å². The Labute approximate surface area is 186 Å². The van der Waals surface area contributed by atoms with Gasteiger partial charge in [-0.2, -0.15) is 5.10 Å². The van der Waals surface area contributed by atoms with E-state index in [9.17, 15) is 18.8 Å². The number of ether oxygens (including phenoxy) is 1. The Morgan fingerprint density at radius 2 is 1.88 bits per heavy atom. The Balaban J connectivity index is 1.32. The first kappa shape index (κ1) is 21.8. The Kier molecular flexibility index (Phi) is 6.20. The zero-order valence-corrected chi connectivity index (χ0v) is 17.6. The lowest BCUT2D eigenvalue weighted by Gasteiger charge is -2.09. The smallest absolute Gasteiger partial charge is 0.308 e. The number of fused-ring (bicyclic) bond motifs is 1. The van der Waals surface area contributed by atoms with Crippen molar-refractivity contribution in [3.63, 3.8) is 0 Å². The van der Waals surface area contributed by atoms with Crippen molar-refractivity contribution in [1.29, 1.82) is 0 Å². The van der Waals surface area contributed by atoms with Gasteiger partial charge in [-0.15, -0.1) is 5.10 Å². The van der Waals surface area contributed by atoms with Gasteiger partial charge in [-0.3, -0.25) is 14.4 Å². The number of aromatic nitrogens is 5. The molecule has 11 heteroatoms. The molecule has 0 aliphatic rings. The lowest BCUT2D eigenvalue weighted by Crippen LogP contribution is -2.27. The van der Waals surface area contributed by atoms with E-state index in [-0.39, 0.29) is 18.5 Å². The van der Waals surface area contributed by atoms with Gasteiger partial charge in [0.1, 0.15) is 17.2 Å². The van der Waals surface area contributed by atoms with Gasteiger partial charge < -0.3 is 10.1 Å². The SMILES string of the molecule is Cc1cc(NC(=O)COC(=O)CCn2nnc3ccccc3c2=O)n(-c2ccc(F)cc2)n1. The van der Waals surface area contributed by atoms with Crippen molar-refractivity contribution in [2.75, 3.05) is 11.9 Å². The quantitative estimate of drug-likeness (QED) is 0.428. The van der Waals surface area contributed by atoms with Crippen molar-refractivity contribution in [2.45, 2.75) is 19.9 Å². The van der Waals surface area contributed by atoms with Crippen LogP contribution in [0.3, 0.4) is 0 Å². The molecule has 0 unspecified atom stereocenters. The van der Waals surface area contributed by atoms with Crippen LogP contribution in [-0.4, -0.2) is 43.3 Å². The molecule has 168 valence electrons. The van der Waals surface area contributed by atoms with E-state index in [1.54, 1.807) is 37.3 Å². The number of aryl methyl sites for hydroxylation is 2. The van der Waals surface area contributed by atoms with E-state index in [2.05, 4.69) is 20.7 Å². The summed E-state index contributed by atoms with van der Waals surface area (Å²) in [4.78, 5) is 36.7. The summed E-state index contributed by atoms with van der Waals surface area (Å²) in [5.41, 5.74) is 1.29. The number of amides is 1. The molecule has 0 fully saturated rings. The van der Waals surface area contributed by atoms with Crippen molar-refractivity contribution in [3.8, 4) is 5.69 Å². The van der Waals surface area contributed by atoms with Crippen LogP contribution in [0.25, 0.3) is 16.6 Å². The largest absolute Gasteiger partial charge is 0.456 e. The molecule has 0 saturated heterocycles. The van der Waals surface area contributed by atoms with Gasteiger partial charge in [0.05, 0.1) is 29.7 Å². The third-order valence-corrected chi connectivity index (χ3v) is 4.69. The molecule has 0 atom stereocenters. The summed E-state index contributed by atoms with van der Waals surface area (Å²) in [6.45, 7) is 1.19. The fraction of sp³-hybridized carbons (Fsp3) is 0.182. The standard InChI is InChI=1S/C22H19FN6O4/c1-14-12-19(29(26-14)16-8-6-15(23)7-9-16)24-20(30)13-33-21(31)10-11-28-22(32)17-4-2-3-5-18(17)25-27-28/h2-9,12H,10-11,13H2,1H3,(H,24,30). The van der Waals surface area contributed by atoms with Crippen LogP contribution in [0.2, 0.25) is 0 Å². The molecule has 0 spiro atoms. The number of esters is 1. The van der Waals surface area contributed by atoms with E-state index in [1.165, 1.54) is 28.9 Å². The van der Waals surface area contributed by atoms with Crippen molar-refractivity contribution in [2.24, 2.45) is 0 Å². The average Bonchev–Trinajstić information content (AvgIpc) is 3.17. The molecular weight excluding hydrogens is 431 g/mol. The van der Waals surface area contributed by atoms with Crippen molar-refractivity contribution in [1.82, 2.24) is 24.8 Å². The average molecular weight is 450 g/mol. The zero-order chi connectivity index (χ0) is 23.4. The predicted octanol–water partition coefficient (Wildman–Crippen LogP) is 2.00. The molecule has 0 aliphatic carbocycles. The van der Waals surface area contributed by atoms with E-state index in [4.69, 9.17) is 4.74 Å². The maximum atomic E-state index is 13.2. The van der Waals surface area contributed by atoms with Crippen LogP contribution in [0.15, 0.2) is 59.4 Å². The summed E-state index contributed by atoms with van der Waals surface area (Å²) in [6.07, 6.45) is -0.160. The van der Waals surface area contributed by atoms with Gasteiger partial charge in [-0.05, 0) is 43.3 Å². The first-order chi connectivity index (χ1) is 15.9. The molecule has 0 radical (unpaired) electrons. The number of rotatable bonds is 7. The minimum Gasteiger partial charge on any atom is -0.456 e. The second-order valence-electron chi connectivity index (χ2n) is 7.15. The number of nitrogens with one attached hydrogen (secondary N) is 1. The molecule has 0 saturated carbocycles. The molecule has 4 rings (SSSR count). The Bertz CT molecular complexity index is 1380. The van der Waals surface area contributed by atoms with Gasteiger partial charge in [-0.25, -0.2) is 13.8 Å². The second kappa shape index (κ2) is 9.39. The number of carbonyl (C=O) groups excluding carboxylic acids is 2. The molecule has 1 amide bonds. The van der Waals surface area contributed by atoms with E-state index < -0.39 is 24.3 Å². The van der Waals surface area contributed by atoms with Gasteiger partial charge >= 0.3 is 5.97 Å². The minimum absolute atomic E-state index is 0.0341. The summed E-state index contributed by atoms with van der Waals surface area (Å²) in [5.74, 6) is -1.29. The molecule has 0 aliphatic heterocycles. The summed E-state index contributed by atoms with van der Waals surface area (Å²) in [6, 6.07) is 14.0. The van der Waals surface area contributed by atoms with Crippen LogP contribution in [0.1, 0.15) is 12.1 Å². The molecule has 4 aromatic rings. The van der Waals surface area contributed by atoms with Crippen molar-refractivity contribution in [3.05, 3.63) is 76.5 Å². The molecule has 33 heavy (non-hydrogen) atoms. The topological polar surface area (TPSA) is 121 Å². The molecule has 0 bridgehead atoms. The molecule has 2 aromatic carbocycles. The lowest BCUT2D eigenvalue weighted by atomic mass is 10.2. The summed E-state index contributed by atoms with van der Waals surface area (Å²) in [7, 11) is 0. The highest BCUT2D eigenvalue weighted by Gasteiger charge is 2.14. The third-order valence-electron chi connectivity index (χ3n) is 4.69. The van der Waals surface area contributed by atoms with E-state index in [1.807, 2.05) is 0 Å². The maximum Gasteiger partial charge on any atom is 0.308 e. The highest BCUT2D eigenvalue weighted by atomic mass is 19.1. The second-order valence-corrected chi connectivity index (χ2v) is 7.15. The number of hydrogen-bond acceptors (Lipinski definition) is 7. The molecule has 10 nitrogen and oxygen atoms in total. The normalized spacial score (nSPS) is 10.8.